The van der Waals surface area contributed by atoms with Crippen molar-refractivity contribution in [2.24, 2.45) is 11.8 Å². The third-order valence-electron chi connectivity index (χ3n) is 7.97. The van der Waals surface area contributed by atoms with E-state index in [4.69, 9.17) is 0 Å². The normalized spacial score (nSPS) is 22.9. The Morgan fingerprint density at radius 1 is 1.07 bits per heavy atom. The minimum atomic E-state index is -3.70. The van der Waals surface area contributed by atoms with Gasteiger partial charge in [-0.2, -0.15) is 4.31 Å². The molecule has 0 spiro atoms. The highest BCUT2D eigenvalue weighted by Gasteiger charge is 2.48. The number of hydrogen-bond donors (Lipinski definition) is 1. The van der Waals surface area contributed by atoms with Crippen molar-refractivity contribution in [3.63, 3.8) is 0 Å². The van der Waals surface area contributed by atoms with Gasteiger partial charge >= 0.3 is 0 Å². The van der Waals surface area contributed by atoms with Crippen molar-refractivity contribution in [1.82, 2.24) is 19.6 Å². The van der Waals surface area contributed by atoms with Crippen LogP contribution in [0.2, 0.25) is 0 Å². The second-order valence-corrected chi connectivity index (χ2v) is 16.3. The Labute approximate surface area is 242 Å². The molecular formula is C28H37F3N4O4S2. The molecule has 13 heteroatoms. The average molecular weight is 615 g/mol. The quantitative estimate of drug-likeness (QED) is 0.407. The highest BCUT2D eigenvalue weighted by atomic mass is 32.2. The van der Waals surface area contributed by atoms with Crippen LogP contribution in [-0.2, 0) is 27.2 Å². The molecule has 2 fully saturated rings. The summed E-state index contributed by atoms with van der Waals surface area (Å²) in [6.07, 6.45) is 5.20. The highest BCUT2D eigenvalue weighted by molar-refractivity contribution is 7.89. The van der Waals surface area contributed by atoms with Gasteiger partial charge in [0.15, 0.2) is 11.6 Å². The van der Waals surface area contributed by atoms with Crippen LogP contribution in [-0.4, -0.2) is 67.7 Å². The molecule has 2 bridgehead atoms. The lowest BCUT2D eigenvalue weighted by Crippen LogP contribution is -2.50. The maximum atomic E-state index is 14.6. The molecule has 2 aromatic rings. The van der Waals surface area contributed by atoms with Gasteiger partial charge in [-0.25, -0.2) is 26.6 Å². The molecule has 2 saturated heterocycles. The molecular weight excluding hydrogens is 577 g/mol. The Hall–Kier alpha value is -2.38. The molecule has 0 aliphatic carbocycles. The van der Waals surface area contributed by atoms with Crippen LogP contribution in [0.1, 0.15) is 68.2 Å². The predicted molar refractivity (Wildman–Crippen MR) is 151 cm³/mol. The molecule has 1 N–H and O–H groups in total. The van der Waals surface area contributed by atoms with Gasteiger partial charge in [0.05, 0.1) is 17.6 Å². The van der Waals surface area contributed by atoms with Crippen LogP contribution in [0.4, 0.5) is 13.2 Å². The summed E-state index contributed by atoms with van der Waals surface area (Å²) in [7, 11) is -4.99. The first-order valence-corrected chi connectivity index (χ1v) is 16.7. The number of carbonyl (C=O) groups is 1. The van der Waals surface area contributed by atoms with Crippen molar-refractivity contribution in [2.75, 3.05) is 18.1 Å². The van der Waals surface area contributed by atoms with Crippen LogP contribution >= 0.6 is 0 Å². The van der Waals surface area contributed by atoms with E-state index < -0.39 is 48.9 Å². The fourth-order valence-corrected chi connectivity index (χ4v) is 8.96. The summed E-state index contributed by atoms with van der Waals surface area (Å²) >= 11 is 0. The van der Waals surface area contributed by atoms with Gasteiger partial charge in [0, 0.05) is 52.2 Å². The Kier molecular flexibility index (Phi) is 9.59. The number of amides is 1. The highest BCUT2D eigenvalue weighted by Crippen LogP contribution is 2.44. The van der Waals surface area contributed by atoms with E-state index in [1.165, 1.54) is 12.4 Å². The molecule has 4 rings (SSSR count). The number of fused-ring (bicyclic) bond motifs is 2. The van der Waals surface area contributed by atoms with E-state index >= 15 is 0 Å². The molecule has 2 aliphatic rings. The number of nitrogens with zero attached hydrogens (tertiary/aromatic N) is 3. The van der Waals surface area contributed by atoms with Crippen molar-refractivity contribution in [3.8, 4) is 0 Å². The van der Waals surface area contributed by atoms with E-state index in [2.05, 4.69) is 15.3 Å². The zero-order valence-corrected chi connectivity index (χ0v) is 25.3. The van der Waals surface area contributed by atoms with Gasteiger partial charge in [-0.15, -0.1) is 0 Å². The maximum absolute atomic E-state index is 14.6. The molecule has 2 aliphatic heterocycles. The fraction of sp³-hybridized carbons (Fsp3) is 0.607. The van der Waals surface area contributed by atoms with Crippen LogP contribution in [0, 0.1) is 36.2 Å². The number of sulfonamides is 1. The van der Waals surface area contributed by atoms with E-state index in [0.717, 1.165) is 6.07 Å². The number of benzene rings is 1. The van der Waals surface area contributed by atoms with Gasteiger partial charge < -0.3 is 5.32 Å². The second-order valence-electron chi connectivity index (χ2n) is 12.0. The summed E-state index contributed by atoms with van der Waals surface area (Å²) in [5, 5.41) is 2.59. The lowest BCUT2D eigenvalue weighted by Gasteiger charge is -2.41. The summed E-state index contributed by atoms with van der Waals surface area (Å²) in [4.78, 5) is 20.4. The van der Waals surface area contributed by atoms with Crippen molar-refractivity contribution in [2.45, 2.75) is 76.6 Å². The third kappa shape index (κ3) is 7.53. The summed E-state index contributed by atoms with van der Waals surface area (Å²) in [6, 6.07) is 0.846. The Balaban J connectivity index is 1.45. The SMILES string of the molecule is Cc1cnc(C(=O)NCCS(=O)(=O)N2[C@@H]3CC[C@H]2CC([C@@H](Cc2cc(F)c(F)cc2F)C[S@@](=O)C(C)(C)C)C3)cn1. The van der Waals surface area contributed by atoms with Crippen molar-refractivity contribution in [3.05, 3.63) is 58.9 Å². The molecule has 1 aromatic carbocycles. The maximum Gasteiger partial charge on any atom is 0.271 e. The largest absolute Gasteiger partial charge is 0.350 e. The van der Waals surface area contributed by atoms with Gasteiger partial charge in [0.2, 0.25) is 10.0 Å². The van der Waals surface area contributed by atoms with E-state index in [-0.39, 0.29) is 59.6 Å². The molecule has 41 heavy (non-hydrogen) atoms. The van der Waals surface area contributed by atoms with E-state index in [1.807, 2.05) is 20.8 Å². The van der Waals surface area contributed by atoms with Gasteiger partial charge in [0.25, 0.3) is 5.91 Å². The first-order chi connectivity index (χ1) is 19.2. The number of halogens is 3. The van der Waals surface area contributed by atoms with Crippen LogP contribution in [0.15, 0.2) is 24.5 Å². The molecule has 3 heterocycles. The van der Waals surface area contributed by atoms with Crippen LogP contribution in [0.25, 0.3) is 0 Å². The third-order valence-corrected chi connectivity index (χ3v) is 12.0. The van der Waals surface area contributed by atoms with Gasteiger partial charge in [-0.3, -0.25) is 14.0 Å². The molecule has 226 valence electrons. The molecule has 8 nitrogen and oxygen atoms in total. The lowest BCUT2D eigenvalue weighted by atomic mass is 9.79. The molecule has 0 saturated carbocycles. The number of carbonyl (C=O) groups excluding carboxylic acids is 1. The van der Waals surface area contributed by atoms with Gasteiger partial charge in [-0.1, -0.05) is 0 Å². The predicted octanol–water partition coefficient (Wildman–Crippen LogP) is 3.91. The molecule has 5 atom stereocenters. The Bertz CT molecular complexity index is 1390. The van der Waals surface area contributed by atoms with Crippen LogP contribution in [0.3, 0.4) is 0 Å². The van der Waals surface area contributed by atoms with Crippen molar-refractivity contribution >= 4 is 26.7 Å². The Morgan fingerprint density at radius 3 is 2.29 bits per heavy atom. The number of nitrogens with one attached hydrogen (secondary N) is 1. The zero-order chi connectivity index (χ0) is 30.1. The number of rotatable bonds is 10. The minimum absolute atomic E-state index is 0.0243. The summed E-state index contributed by atoms with van der Waals surface area (Å²) in [5.41, 5.74) is 0.783. The molecule has 0 radical (unpaired) electrons. The molecule has 1 unspecified atom stereocenters. The first-order valence-electron chi connectivity index (χ1n) is 13.8. The lowest BCUT2D eigenvalue weighted by molar-refractivity contribution is 0.0950. The number of aromatic nitrogens is 2. The standard InChI is InChI=1S/C28H37F3N4O4S2/c1-17-14-34-26(15-33-17)27(36)32-7-8-41(38,39)35-21-5-6-22(35)11-18(10-21)20(16-40(37)28(2,3)4)9-19-12-24(30)25(31)13-23(19)29/h12-15,18,20-22H,5-11,16H2,1-4H3,(H,32,36)/t18?,20-,21-,22+,40+/m0/s1. The summed E-state index contributed by atoms with van der Waals surface area (Å²) in [6.45, 7) is 7.20. The monoisotopic (exact) mass is 614 g/mol. The van der Waals surface area contributed by atoms with E-state index in [9.17, 15) is 30.6 Å². The zero-order valence-electron chi connectivity index (χ0n) is 23.7. The van der Waals surface area contributed by atoms with Crippen LogP contribution in [0.5, 0.6) is 0 Å². The summed E-state index contributed by atoms with van der Waals surface area (Å²) in [5.74, 6) is -4.17. The van der Waals surface area contributed by atoms with E-state index in [1.54, 1.807) is 11.2 Å². The Morgan fingerprint density at radius 2 is 1.71 bits per heavy atom. The topological polar surface area (TPSA) is 109 Å². The summed E-state index contributed by atoms with van der Waals surface area (Å²) < 4.78 is 83.1. The molecule has 1 aromatic heterocycles. The fourth-order valence-electron chi connectivity index (χ4n) is 5.82. The number of aryl methyl sites for hydroxylation is 1. The van der Waals surface area contributed by atoms with E-state index in [0.29, 0.717) is 37.4 Å². The molecule has 1 amide bonds. The van der Waals surface area contributed by atoms with Crippen LogP contribution < -0.4 is 5.32 Å². The average Bonchev–Trinajstić information content (AvgIpc) is 3.17. The van der Waals surface area contributed by atoms with Gasteiger partial charge in [-0.05, 0) is 83.3 Å². The second kappa shape index (κ2) is 12.5. The van der Waals surface area contributed by atoms with Crippen molar-refractivity contribution in [1.29, 1.82) is 0 Å². The van der Waals surface area contributed by atoms with Crippen molar-refractivity contribution < 1.29 is 30.6 Å². The smallest absolute Gasteiger partial charge is 0.271 e. The van der Waals surface area contributed by atoms with Gasteiger partial charge in [0.1, 0.15) is 11.5 Å². The first kappa shape index (κ1) is 31.6. The number of piperidine rings is 1. The number of hydrogen-bond acceptors (Lipinski definition) is 6. The minimum Gasteiger partial charge on any atom is -0.350 e.